The minimum absolute atomic E-state index is 0.234. The molecule has 1 aromatic carbocycles. The van der Waals surface area contributed by atoms with E-state index in [0.29, 0.717) is 11.6 Å². The molecule has 1 aromatic heterocycles. The zero-order valence-electron chi connectivity index (χ0n) is 8.91. The Kier molecular flexibility index (Phi) is 4.45. The van der Waals surface area contributed by atoms with E-state index >= 15 is 0 Å². The number of aromatic hydroxyl groups is 1. The van der Waals surface area contributed by atoms with Crippen LogP contribution in [0.4, 0.5) is 0 Å². The Hall–Kier alpha value is -0.550. The molecule has 90 valence electrons. The summed E-state index contributed by atoms with van der Waals surface area (Å²) in [7, 11) is 0. The number of rotatable bonds is 4. The van der Waals surface area contributed by atoms with E-state index in [1.165, 1.54) is 4.88 Å². The van der Waals surface area contributed by atoms with E-state index in [1.807, 2.05) is 5.38 Å². The van der Waals surface area contributed by atoms with E-state index in [9.17, 15) is 5.11 Å². The van der Waals surface area contributed by atoms with Crippen molar-refractivity contribution in [3.8, 4) is 5.75 Å². The maximum Gasteiger partial charge on any atom is 0.121 e. The van der Waals surface area contributed by atoms with Crippen molar-refractivity contribution in [3.63, 3.8) is 0 Å². The minimum atomic E-state index is 0.234. The number of thiophene rings is 1. The molecule has 0 atom stereocenters. The molecule has 0 radical (unpaired) electrons. The SMILES string of the molecule is Oc1cccc(Cl)c1CNCc1cc(Br)cs1. The van der Waals surface area contributed by atoms with Gasteiger partial charge in [0.1, 0.15) is 5.75 Å². The third kappa shape index (κ3) is 3.45. The Labute approximate surface area is 117 Å². The summed E-state index contributed by atoms with van der Waals surface area (Å²) in [5, 5.41) is 15.6. The average Bonchev–Trinajstić information content (AvgIpc) is 2.69. The molecule has 0 aliphatic carbocycles. The molecule has 0 saturated heterocycles. The average molecular weight is 333 g/mol. The fourth-order valence-electron chi connectivity index (χ4n) is 1.48. The highest BCUT2D eigenvalue weighted by Gasteiger charge is 2.05. The topological polar surface area (TPSA) is 32.3 Å². The van der Waals surface area contributed by atoms with E-state index in [4.69, 9.17) is 11.6 Å². The van der Waals surface area contributed by atoms with E-state index in [2.05, 4.69) is 27.3 Å². The predicted molar refractivity (Wildman–Crippen MR) is 75.7 cm³/mol. The van der Waals surface area contributed by atoms with Gasteiger partial charge in [0.15, 0.2) is 0 Å². The number of phenolic OH excluding ortho intramolecular Hbond substituents is 1. The molecule has 1 heterocycles. The first-order valence-electron chi connectivity index (χ1n) is 5.07. The molecule has 2 nitrogen and oxygen atoms in total. The van der Waals surface area contributed by atoms with Crippen LogP contribution < -0.4 is 5.32 Å². The molecule has 0 saturated carbocycles. The summed E-state index contributed by atoms with van der Waals surface area (Å²) in [5.41, 5.74) is 0.741. The van der Waals surface area contributed by atoms with Gasteiger partial charge in [0.2, 0.25) is 0 Å². The lowest BCUT2D eigenvalue weighted by molar-refractivity contribution is 0.464. The Morgan fingerprint density at radius 2 is 2.18 bits per heavy atom. The van der Waals surface area contributed by atoms with E-state index in [-0.39, 0.29) is 5.75 Å². The van der Waals surface area contributed by atoms with Crippen LogP contribution in [0.2, 0.25) is 5.02 Å². The van der Waals surface area contributed by atoms with Gasteiger partial charge in [-0.2, -0.15) is 0 Å². The van der Waals surface area contributed by atoms with E-state index < -0.39 is 0 Å². The van der Waals surface area contributed by atoms with Gasteiger partial charge in [0.05, 0.1) is 0 Å². The van der Waals surface area contributed by atoms with Crippen LogP contribution in [0.15, 0.2) is 34.1 Å². The van der Waals surface area contributed by atoms with Crippen LogP contribution in [-0.2, 0) is 13.1 Å². The fraction of sp³-hybridized carbons (Fsp3) is 0.167. The number of nitrogens with one attached hydrogen (secondary N) is 1. The van der Waals surface area contributed by atoms with Crippen LogP contribution in [-0.4, -0.2) is 5.11 Å². The number of phenols is 1. The number of halogens is 2. The van der Waals surface area contributed by atoms with Crippen molar-refractivity contribution >= 4 is 38.9 Å². The second-order valence-corrected chi connectivity index (χ2v) is 5.89. The van der Waals surface area contributed by atoms with Crippen molar-refractivity contribution in [1.82, 2.24) is 5.32 Å². The Morgan fingerprint density at radius 1 is 1.35 bits per heavy atom. The van der Waals surface area contributed by atoms with Gasteiger partial charge >= 0.3 is 0 Å². The first kappa shape index (κ1) is 12.9. The van der Waals surface area contributed by atoms with Crippen LogP contribution in [0, 0.1) is 0 Å². The quantitative estimate of drug-likeness (QED) is 0.881. The lowest BCUT2D eigenvalue weighted by atomic mass is 10.2. The van der Waals surface area contributed by atoms with Crippen LogP contribution in [0.1, 0.15) is 10.4 Å². The van der Waals surface area contributed by atoms with Gasteiger partial charge in [0, 0.05) is 38.4 Å². The Balaban J connectivity index is 1.94. The molecule has 17 heavy (non-hydrogen) atoms. The van der Waals surface area contributed by atoms with Gasteiger partial charge in [-0.25, -0.2) is 0 Å². The first-order chi connectivity index (χ1) is 8.16. The highest BCUT2D eigenvalue weighted by atomic mass is 79.9. The number of benzene rings is 1. The Morgan fingerprint density at radius 3 is 2.82 bits per heavy atom. The molecule has 0 bridgehead atoms. The molecular formula is C12H11BrClNOS. The van der Waals surface area contributed by atoms with Gasteiger partial charge < -0.3 is 10.4 Å². The third-order valence-corrected chi connectivity index (χ3v) is 4.37. The summed E-state index contributed by atoms with van der Waals surface area (Å²) in [6.07, 6.45) is 0. The van der Waals surface area contributed by atoms with Crippen LogP contribution >= 0.6 is 38.9 Å². The maximum atomic E-state index is 9.66. The fourth-order valence-corrected chi connectivity index (χ4v) is 3.14. The molecule has 5 heteroatoms. The van der Waals surface area contributed by atoms with Crippen molar-refractivity contribution in [2.24, 2.45) is 0 Å². The second-order valence-electron chi connectivity index (χ2n) is 3.57. The summed E-state index contributed by atoms with van der Waals surface area (Å²) in [6.45, 7) is 1.32. The molecule has 0 spiro atoms. The molecule has 2 N–H and O–H groups in total. The minimum Gasteiger partial charge on any atom is -0.508 e. The number of hydrogen-bond donors (Lipinski definition) is 2. The molecule has 0 aliphatic heterocycles. The Bertz CT molecular complexity index is 495. The zero-order valence-corrected chi connectivity index (χ0v) is 12.1. The highest BCUT2D eigenvalue weighted by Crippen LogP contribution is 2.25. The summed E-state index contributed by atoms with van der Waals surface area (Å²) in [5.74, 6) is 0.234. The summed E-state index contributed by atoms with van der Waals surface area (Å²) in [4.78, 5) is 1.24. The molecular weight excluding hydrogens is 322 g/mol. The lowest BCUT2D eigenvalue weighted by Crippen LogP contribution is -2.12. The molecule has 2 aromatic rings. The van der Waals surface area contributed by atoms with Gasteiger partial charge in [-0.05, 0) is 34.1 Å². The lowest BCUT2D eigenvalue weighted by Gasteiger charge is -2.07. The zero-order chi connectivity index (χ0) is 12.3. The van der Waals surface area contributed by atoms with E-state index in [0.717, 1.165) is 16.6 Å². The molecule has 0 amide bonds. The summed E-state index contributed by atoms with van der Waals surface area (Å²) >= 11 is 11.1. The second kappa shape index (κ2) is 5.87. The van der Waals surface area contributed by atoms with Crippen molar-refractivity contribution in [2.45, 2.75) is 13.1 Å². The number of hydrogen-bond acceptors (Lipinski definition) is 3. The first-order valence-corrected chi connectivity index (χ1v) is 7.12. The maximum absolute atomic E-state index is 9.66. The molecule has 0 unspecified atom stereocenters. The molecule has 2 rings (SSSR count). The van der Waals surface area contributed by atoms with Gasteiger partial charge in [-0.15, -0.1) is 11.3 Å². The predicted octanol–water partition coefficient (Wildman–Crippen LogP) is 4.16. The van der Waals surface area contributed by atoms with Crippen LogP contribution in [0.5, 0.6) is 5.75 Å². The van der Waals surface area contributed by atoms with Crippen molar-refractivity contribution in [2.75, 3.05) is 0 Å². The van der Waals surface area contributed by atoms with Crippen molar-refractivity contribution in [1.29, 1.82) is 0 Å². The largest absolute Gasteiger partial charge is 0.508 e. The standard InChI is InChI=1S/C12H11BrClNOS/c13-8-4-9(17-7-8)5-15-6-10-11(14)2-1-3-12(10)16/h1-4,7,15-16H,5-6H2. The van der Waals surface area contributed by atoms with Gasteiger partial charge in [-0.3, -0.25) is 0 Å². The van der Waals surface area contributed by atoms with Crippen molar-refractivity contribution in [3.05, 3.63) is 49.6 Å². The van der Waals surface area contributed by atoms with Gasteiger partial charge in [-0.1, -0.05) is 17.7 Å². The highest BCUT2D eigenvalue weighted by molar-refractivity contribution is 9.10. The summed E-state index contributed by atoms with van der Waals surface area (Å²) < 4.78 is 1.10. The van der Waals surface area contributed by atoms with Crippen LogP contribution in [0.25, 0.3) is 0 Å². The smallest absolute Gasteiger partial charge is 0.121 e. The third-order valence-electron chi connectivity index (χ3n) is 2.32. The summed E-state index contributed by atoms with van der Waals surface area (Å²) in [6, 6.07) is 7.23. The normalized spacial score (nSPS) is 10.7. The monoisotopic (exact) mass is 331 g/mol. The van der Waals surface area contributed by atoms with E-state index in [1.54, 1.807) is 29.5 Å². The van der Waals surface area contributed by atoms with Crippen molar-refractivity contribution < 1.29 is 5.11 Å². The van der Waals surface area contributed by atoms with Gasteiger partial charge in [0.25, 0.3) is 0 Å². The molecule has 0 aliphatic rings. The van der Waals surface area contributed by atoms with Crippen LogP contribution in [0.3, 0.4) is 0 Å². The molecule has 0 fully saturated rings.